The molecule has 2 aromatic rings. The zero-order valence-electron chi connectivity index (χ0n) is 16.4. The first-order valence-electron chi connectivity index (χ1n) is 9.15. The fourth-order valence-corrected chi connectivity index (χ4v) is 3.60. The zero-order valence-corrected chi connectivity index (χ0v) is 17.2. The van der Waals surface area contributed by atoms with E-state index >= 15 is 0 Å². The highest BCUT2D eigenvalue weighted by Crippen LogP contribution is 2.16. The Morgan fingerprint density at radius 1 is 1.00 bits per heavy atom. The van der Waals surface area contributed by atoms with Gasteiger partial charge in [0.2, 0.25) is 10.0 Å². The van der Waals surface area contributed by atoms with Crippen molar-refractivity contribution in [3.63, 3.8) is 0 Å². The molecule has 0 aliphatic rings. The molecule has 0 radical (unpaired) electrons. The molecular weight excluding hydrogens is 382 g/mol. The van der Waals surface area contributed by atoms with Gasteiger partial charge < -0.3 is 0 Å². The molecule has 2 rings (SSSR count). The quantitative estimate of drug-likeness (QED) is 0.523. The van der Waals surface area contributed by atoms with Gasteiger partial charge in [0, 0.05) is 18.4 Å². The highest BCUT2D eigenvalue weighted by Gasteiger charge is 2.22. The van der Waals surface area contributed by atoms with Gasteiger partial charge in [-0.1, -0.05) is 60.2 Å². The smallest absolute Gasteiger partial charge is 0.244 e. The number of hydrogen-bond acceptors (Lipinski definition) is 3. The molecule has 0 fully saturated rings. The molecule has 0 amide bonds. The van der Waals surface area contributed by atoms with E-state index in [9.17, 15) is 13.2 Å². The van der Waals surface area contributed by atoms with Crippen LogP contribution >= 0.6 is 0 Å². The Morgan fingerprint density at radius 3 is 2.31 bits per heavy atom. The lowest BCUT2D eigenvalue weighted by Gasteiger charge is -2.17. The third-order valence-corrected chi connectivity index (χ3v) is 5.83. The summed E-state index contributed by atoms with van der Waals surface area (Å²) in [5, 5.41) is 0. The van der Waals surface area contributed by atoms with Crippen molar-refractivity contribution >= 4 is 15.8 Å². The van der Waals surface area contributed by atoms with Gasteiger partial charge in [0.05, 0.1) is 18.0 Å². The van der Waals surface area contributed by atoms with Crippen molar-refractivity contribution in [2.45, 2.75) is 24.7 Å². The van der Waals surface area contributed by atoms with Crippen molar-refractivity contribution in [2.75, 3.05) is 13.1 Å². The van der Waals surface area contributed by atoms with Crippen LogP contribution in [0.25, 0.3) is 0 Å². The maximum Gasteiger partial charge on any atom is 0.244 e. The van der Waals surface area contributed by atoms with Gasteiger partial charge in [-0.3, -0.25) is 4.79 Å². The van der Waals surface area contributed by atoms with E-state index < -0.39 is 10.0 Å². The first kappa shape index (κ1) is 22.2. The number of sulfonamides is 1. The summed E-state index contributed by atoms with van der Waals surface area (Å²) in [7, 11) is -3.74. The third-order valence-electron chi connectivity index (χ3n) is 4.03. The van der Waals surface area contributed by atoms with Gasteiger partial charge in [0.25, 0.3) is 0 Å². The Bertz CT molecular complexity index is 1060. The number of carbonyl (C=O) groups excluding carboxylic acids is 1. The normalized spacial score (nSPS) is 10.4. The Hall–Kier alpha value is -3.12. The van der Waals surface area contributed by atoms with Crippen LogP contribution in [-0.2, 0) is 14.8 Å². The van der Waals surface area contributed by atoms with E-state index in [0.717, 1.165) is 11.1 Å². The minimum Gasteiger partial charge on any atom is -0.295 e. The third kappa shape index (κ3) is 7.08. The van der Waals surface area contributed by atoms with Crippen LogP contribution < -0.4 is 0 Å². The summed E-state index contributed by atoms with van der Waals surface area (Å²) in [5.74, 6) is 11.5. The van der Waals surface area contributed by atoms with Gasteiger partial charge in [-0.25, -0.2) is 8.42 Å². The minimum absolute atomic E-state index is 0.00194. The van der Waals surface area contributed by atoms with E-state index in [1.807, 2.05) is 37.3 Å². The van der Waals surface area contributed by atoms with Crippen LogP contribution in [-0.4, -0.2) is 31.6 Å². The number of carbonyl (C=O) groups is 1. The molecule has 2 aromatic carbocycles. The maximum atomic E-state index is 13.0. The lowest BCUT2D eigenvalue weighted by atomic mass is 10.2. The number of nitrogens with zero attached hydrogens (tertiary/aromatic N) is 1. The van der Waals surface area contributed by atoms with Crippen molar-refractivity contribution in [2.24, 2.45) is 0 Å². The molecule has 0 aromatic heterocycles. The van der Waals surface area contributed by atoms with E-state index in [4.69, 9.17) is 0 Å². The molecule has 148 valence electrons. The largest absolute Gasteiger partial charge is 0.295 e. The molecule has 0 aliphatic heterocycles. The predicted octanol–water partition coefficient (Wildman–Crippen LogP) is 3.58. The molecule has 0 bridgehead atoms. The highest BCUT2D eigenvalue weighted by molar-refractivity contribution is 7.89. The van der Waals surface area contributed by atoms with Gasteiger partial charge in [0.1, 0.15) is 0 Å². The topological polar surface area (TPSA) is 54.5 Å². The van der Waals surface area contributed by atoms with E-state index in [1.165, 1.54) is 10.4 Å². The van der Waals surface area contributed by atoms with Crippen molar-refractivity contribution in [3.05, 3.63) is 78.4 Å². The summed E-state index contributed by atoms with van der Waals surface area (Å²) in [4.78, 5) is 11.4. The Labute approximate surface area is 173 Å². The molecule has 0 unspecified atom stereocenters. The van der Waals surface area contributed by atoms with Crippen molar-refractivity contribution in [1.82, 2.24) is 4.31 Å². The van der Waals surface area contributed by atoms with E-state index in [1.54, 1.807) is 24.3 Å². The molecule has 0 N–H and O–H groups in total. The average Bonchev–Trinajstić information content (AvgIpc) is 2.73. The minimum atomic E-state index is -3.74. The summed E-state index contributed by atoms with van der Waals surface area (Å²) in [6.45, 7) is 5.34. The van der Waals surface area contributed by atoms with E-state index in [-0.39, 0.29) is 30.2 Å². The molecule has 0 saturated carbocycles. The summed E-state index contributed by atoms with van der Waals surface area (Å²) in [6, 6.07) is 16.1. The Balaban J connectivity index is 2.19. The van der Waals surface area contributed by atoms with Crippen LogP contribution in [0.2, 0.25) is 0 Å². The molecule has 0 saturated heterocycles. The SMILES string of the molecule is C=CC(=O)CCC#CCN(CC#Cc1ccccc1)S(=O)(=O)c1ccc(C)cc1. The molecule has 0 spiro atoms. The first-order valence-corrected chi connectivity index (χ1v) is 10.6. The van der Waals surface area contributed by atoms with Crippen LogP contribution in [0.1, 0.15) is 24.0 Å². The molecule has 0 aliphatic carbocycles. The maximum absolute atomic E-state index is 13.0. The molecule has 5 heteroatoms. The van der Waals surface area contributed by atoms with Crippen LogP contribution in [0.5, 0.6) is 0 Å². The number of aryl methyl sites for hydroxylation is 1. The van der Waals surface area contributed by atoms with Crippen LogP contribution in [0.3, 0.4) is 0 Å². The standard InChI is InChI=1S/C24H23NO3S/c1-3-23(26)14-8-5-9-19-25(20-10-13-22-11-6-4-7-12-22)29(27,28)24-17-15-21(2)16-18-24/h3-4,6-7,11-12,15-18H,1,8,14,19-20H2,2H3. The van der Waals surface area contributed by atoms with Crippen molar-refractivity contribution in [1.29, 1.82) is 0 Å². The first-order chi connectivity index (χ1) is 13.9. The Morgan fingerprint density at radius 2 is 1.66 bits per heavy atom. The van der Waals surface area contributed by atoms with E-state index in [0.29, 0.717) is 6.42 Å². The van der Waals surface area contributed by atoms with Gasteiger partial charge in [-0.05, 0) is 37.3 Å². The van der Waals surface area contributed by atoms with E-state index in [2.05, 4.69) is 30.3 Å². The second-order valence-corrected chi connectivity index (χ2v) is 8.22. The number of rotatable bonds is 7. The van der Waals surface area contributed by atoms with Gasteiger partial charge >= 0.3 is 0 Å². The number of benzene rings is 2. The monoisotopic (exact) mass is 405 g/mol. The summed E-state index contributed by atoms with van der Waals surface area (Å²) in [5.41, 5.74) is 1.79. The van der Waals surface area contributed by atoms with Crippen molar-refractivity contribution in [3.8, 4) is 23.7 Å². The molecule has 0 heterocycles. The molecule has 4 nitrogen and oxygen atoms in total. The molecule has 0 atom stereocenters. The lowest BCUT2D eigenvalue weighted by Crippen LogP contribution is -2.32. The van der Waals surface area contributed by atoms with Gasteiger partial charge in [-0.2, -0.15) is 4.31 Å². The van der Waals surface area contributed by atoms with Crippen LogP contribution in [0.15, 0.2) is 72.1 Å². The average molecular weight is 406 g/mol. The van der Waals surface area contributed by atoms with Gasteiger partial charge in [0.15, 0.2) is 5.78 Å². The molecule has 29 heavy (non-hydrogen) atoms. The molecular formula is C24H23NO3S. The number of hydrogen-bond donors (Lipinski definition) is 0. The zero-order chi connectivity index (χ0) is 21.1. The second-order valence-electron chi connectivity index (χ2n) is 6.28. The van der Waals surface area contributed by atoms with Crippen molar-refractivity contribution < 1.29 is 13.2 Å². The fourth-order valence-electron chi connectivity index (χ4n) is 2.36. The summed E-state index contributed by atoms with van der Waals surface area (Å²) >= 11 is 0. The summed E-state index contributed by atoms with van der Waals surface area (Å²) < 4.78 is 27.3. The fraction of sp³-hybridized carbons (Fsp3) is 0.208. The van der Waals surface area contributed by atoms with Crippen LogP contribution in [0.4, 0.5) is 0 Å². The Kier molecular flexibility index (Phi) is 8.43. The lowest BCUT2D eigenvalue weighted by molar-refractivity contribution is -0.114. The number of ketones is 1. The summed E-state index contributed by atoms with van der Waals surface area (Å²) in [6.07, 6.45) is 1.89. The van der Waals surface area contributed by atoms with Gasteiger partial charge in [-0.15, -0.1) is 5.92 Å². The number of allylic oxidation sites excluding steroid dienone is 1. The predicted molar refractivity (Wildman–Crippen MR) is 115 cm³/mol. The highest BCUT2D eigenvalue weighted by atomic mass is 32.2. The van der Waals surface area contributed by atoms with Crippen LogP contribution in [0, 0.1) is 30.6 Å². The second kappa shape index (κ2) is 11.0.